The molecule has 1 aliphatic heterocycles. The second-order valence-electron chi connectivity index (χ2n) is 6.01. The van der Waals surface area contributed by atoms with Crippen LogP contribution < -0.4 is 10.6 Å². The summed E-state index contributed by atoms with van der Waals surface area (Å²) in [4.78, 5) is 30.5. The monoisotopic (exact) mass is 344 g/mol. The van der Waals surface area contributed by atoms with Gasteiger partial charge in [0.15, 0.2) is 0 Å². The van der Waals surface area contributed by atoms with Crippen LogP contribution in [0.25, 0.3) is 0 Å². The van der Waals surface area contributed by atoms with Gasteiger partial charge in [0, 0.05) is 6.54 Å². The Morgan fingerprint density at radius 3 is 2.83 bits per heavy atom. The minimum atomic E-state index is -0.273. The molecule has 1 aromatic heterocycles. The number of nitrogens with one attached hydrogen (secondary N) is 2. The molecule has 1 aromatic carbocycles. The molecule has 24 heavy (non-hydrogen) atoms. The minimum Gasteiger partial charge on any atom is -0.352 e. The van der Waals surface area contributed by atoms with Crippen LogP contribution in [0.15, 0.2) is 35.8 Å². The molecule has 1 saturated heterocycles. The van der Waals surface area contributed by atoms with Gasteiger partial charge >= 0.3 is 6.03 Å². The van der Waals surface area contributed by atoms with Crippen molar-refractivity contribution in [1.29, 1.82) is 0 Å². The van der Waals surface area contributed by atoms with Gasteiger partial charge in [0.2, 0.25) is 5.91 Å². The normalized spacial score (nSPS) is 17.7. The van der Waals surface area contributed by atoms with Crippen molar-refractivity contribution in [3.8, 4) is 0 Å². The van der Waals surface area contributed by atoms with Crippen LogP contribution in [0.5, 0.6) is 0 Å². The first kappa shape index (κ1) is 16.4. The third-order valence-electron chi connectivity index (χ3n) is 3.99. The fraction of sp³-hybridized carbons (Fsp3) is 0.353. The lowest BCUT2D eigenvalue weighted by Gasteiger charge is -2.35. The highest BCUT2D eigenvalue weighted by molar-refractivity contribution is 7.14. The van der Waals surface area contributed by atoms with Gasteiger partial charge in [-0.2, -0.15) is 0 Å². The van der Waals surface area contributed by atoms with E-state index in [1.807, 2.05) is 44.2 Å². The molecule has 0 spiro atoms. The Morgan fingerprint density at radius 1 is 1.38 bits per heavy atom. The zero-order valence-corrected chi connectivity index (χ0v) is 14.5. The van der Waals surface area contributed by atoms with Crippen LogP contribution in [0.1, 0.15) is 37.1 Å². The number of hydrogen-bond donors (Lipinski definition) is 2. The molecule has 1 atom stereocenters. The van der Waals surface area contributed by atoms with E-state index in [9.17, 15) is 9.59 Å². The molecule has 7 heteroatoms. The summed E-state index contributed by atoms with van der Waals surface area (Å²) in [6, 6.07) is 9.28. The molecule has 3 amide bonds. The van der Waals surface area contributed by atoms with Crippen molar-refractivity contribution in [2.45, 2.75) is 25.8 Å². The van der Waals surface area contributed by atoms with Crippen LogP contribution in [-0.2, 0) is 4.79 Å². The first-order valence-corrected chi connectivity index (χ1v) is 8.77. The van der Waals surface area contributed by atoms with Crippen molar-refractivity contribution >= 4 is 28.3 Å². The molecule has 1 aliphatic rings. The Morgan fingerprint density at radius 2 is 2.12 bits per heavy atom. The van der Waals surface area contributed by atoms with Crippen LogP contribution in [-0.4, -0.2) is 34.9 Å². The summed E-state index contributed by atoms with van der Waals surface area (Å²) < 4.78 is 0. The van der Waals surface area contributed by atoms with Crippen LogP contribution >= 0.6 is 11.3 Å². The summed E-state index contributed by atoms with van der Waals surface area (Å²) in [7, 11) is 0. The number of anilines is 1. The Bertz CT molecular complexity index is 729. The van der Waals surface area contributed by atoms with Crippen molar-refractivity contribution in [3.63, 3.8) is 0 Å². The minimum absolute atomic E-state index is 0.0429. The lowest BCUT2D eigenvalue weighted by Crippen LogP contribution is -2.53. The average Bonchev–Trinajstić information content (AvgIpc) is 3.04. The van der Waals surface area contributed by atoms with E-state index in [1.165, 1.54) is 11.3 Å². The van der Waals surface area contributed by atoms with E-state index in [4.69, 9.17) is 0 Å². The number of carbonyl (C=O) groups excluding carboxylic acids is 2. The van der Waals surface area contributed by atoms with Gasteiger partial charge < -0.3 is 10.2 Å². The number of benzene rings is 1. The summed E-state index contributed by atoms with van der Waals surface area (Å²) in [6.45, 7) is 4.52. The first-order valence-electron chi connectivity index (χ1n) is 7.89. The quantitative estimate of drug-likeness (QED) is 0.899. The molecular formula is C17H20N4O2S. The molecule has 2 heterocycles. The van der Waals surface area contributed by atoms with E-state index in [-0.39, 0.29) is 30.4 Å². The molecule has 2 N–H and O–H groups in total. The summed E-state index contributed by atoms with van der Waals surface area (Å²) in [6.07, 6.45) is 0. The van der Waals surface area contributed by atoms with Crippen molar-refractivity contribution < 1.29 is 9.59 Å². The third-order valence-corrected chi connectivity index (χ3v) is 4.75. The highest BCUT2D eigenvalue weighted by Gasteiger charge is 2.32. The fourth-order valence-electron chi connectivity index (χ4n) is 2.76. The van der Waals surface area contributed by atoms with E-state index in [0.29, 0.717) is 6.54 Å². The van der Waals surface area contributed by atoms with Crippen molar-refractivity contribution in [2.75, 3.05) is 18.4 Å². The maximum Gasteiger partial charge on any atom is 0.323 e. The average molecular weight is 344 g/mol. The zero-order valence-electron chi connectivity index (χ0n) is 13.7. The van der Waals surface area contributed by atoms with Crippen molar-refractivity contribution in [2.24, 2.45) is 0 Å². The molecule has 0 saturated carbocycles. The molecule has 0 bridgehead atoms. The number of aromatic nitrogens is 1. The molecule has 1 fully saturated rings. The van der Waals surface area contributed by atoms with Gasteiger partial charge in [-0.25, -0.2) is 9.78 Å². The lowest BCUT2D eigenvalue weighted by molar-refractivity contribution is -0.124. The lowest BCUT2D eigenvalue weighted by atomic mass is 10.0. The van der Waals surface area contributed by atoms with E-state index in [0.717, 1.165) is 16.3 Å². The topological polar surface area (TPSA) is 74.3 Å². The largest absolute Gasteiger partial charge is 0.352 e. The Kier molecular flexibility index (Phi) is 4.80. The number of urea groups is 1. The maximum atomic E-state index is 12.8. The van der Waals surface area contributed by atoms with Gasteiger partial charge in [0.25, 0.3) is 0 Å². The number of hydrogen-bond acceptors (Lipinski definition) is 4. The standard InChI is InChI=1S/C17H20N4O2S/c1-11(2)15-16(24-10-19-15)20-17(23)21-9-14(22)18-8-13(21)12-6-4-3-5-7-12/h3-7,10-11,13H,8-9H2,1-2H3,(H,18,22)(H,20,23). The van der Waals surface area contributed by atoms with Crippen molar-refractivity contribution in [1.82, 2.24) is 15.2 Å². The van der Waals surface area contributed by atoms with E-state index in [2.05, 4.69) is 15.6 Å². The van der Waals surface area contributed by atoms with Gasteiger partial charge in [-0.1, -0.05) is 44.2 Å². The van der Waals surface area contributed by atoms with Gasteiger partial charge in [-0.05, 0) is 11.5 Å². The van der Waals surface area contributed by atoms with Gasteiger partial charge in [-0.15, -0.1) is 11.3 Å². The van der Waals surface area contributed by atoms with Crippen molar-refractivity contribution in [3.05, 3.63) is 47.1 Å². The highest BCUT2D eigenvalue weighted by atomic mass is 32.1. The number of carbonyl (C=O) groups is 2. The number of piperazine rings is 1. The number of rotatable bonds is 3. The van der Waals surface area contributed by atoms with E-state index < -0.39 is 0 Å². The Balaban J connectivity index is 1.82. The number of nitrogens with zero attached hydrogens (tertiary/aromatic N) is 2. The smallest absolute Gasteiger partial charge is 0.323 e. The zero-order chi connectivity index (χ0) is 17.1. The summed E-state index contributed by atoms with van der Waals surface area (Å²) in [5, 5.41) is 6.50. The predicted octanol–water partition coefficient (Wildman–Crippen LogP) is 2.97. The second-order valence-corrected chi connectivity index (χ2v) is 6.86. The molecule has 126 valence electrons. The summed E-state index contributed by atoms with van der Waals surface area (Å²) in [5.41, 5.74) is 3.59. The molecule has 0 aliphatic carbocycles. The van der Waals surface area contributed by atoms with Gasteiger partial charge in [0.05, 0.1) is 17.2 Å². The predicted molar refractivity (Wildman–Crippen MR) is 94.1 cm³/mol. The summed E-state index contributed by atoms with van der Waals surface area (Å²) in [5.74, 6) is 0.0758. The van der Waals surface area contributed by atoms with Crippen LogP contribution in [0, 0.1) is 0 Å². The van der Waals surface area contributed by atoms with Crippen LogP contribution in [0.4, 0.5) is 9.80 Å². The van der Waals surface area contributed by atoms with Crippen LogP contribution in [0.2, 0.25) is 0 Å². The highest BCUT2D eigenvalue weighted by Crippen LogP contribution is 2.29. The molecule has 3 rings (SSSR count). The Hall–Kier alpha value is -2.41. The first-order chi connectivity index (χ1) is 11.6. The SMILES string of the molecule is CC(C)c1ncsc1NC(=O)N1CC(=O)NCC1c1ccccc1. The fourth-order valence-corrected chi connectivity index (χ4v) is 3.58. The molecule has 6 nitrogen and oxygen atoms in total. The van der Waals surface area contributed by atoms with Gasteiger partial charge in [0.1, 0.15) is 11.5 Å². The molecule has 1 unspecified atom stereocenters. The van der Waals surface area contributed by atoms with E-state index in [1.54, 1.807) is 10.4 Å². The second kappa shape index (κ2) is 7.00. The van der Waals surface area contributed by atoms with Gasteiger partial charge in [-0.3, -0.25) is 10.1 Å². The molecule has 2 aromatic rings. The third kappa shape index (κ3) is 3.41. The maximum absolute atomic E-state index is 12.8. The molecular weight excluding hydrogens is 324 g/mol. The number of amides is 3. The summed E-state index contributed by atoms with van der Waals surface area (Å²) >= 11 is 1.40. The Labute approximate surface area is 144 Å². The van der Waals surface area contributed by atoms with Crippen LogP contribution in [0.3, 0.4) is 0 Å². The molecule has 0 radical (unpaired) electrons. The van der Waals surface area contributed by atoms with E-state index >= 15 is 0 Å². The number of thiazole rings is 1.